The number of esters is 1. The molecule has 10 heteroatoms. The van der Waals surface area contributed by atoms with E-state index >= 15 is 0 Å². The minimum absolute atomic E-state index is 0.0167. The van der Waals surface area contributed by atoms with Crippen molar-refractivity contribution in [1.82, 2.24) is 0 Å². The average Bonchev–Trinajstić information content (AvgIpc) is 2.75. The van der Waals surface area contributed by atoms with Crippen LogP contribution in [0.25, 0.3) is 0 Å². The molecule has 30 heavy (non-hydrogen) atoms. The maximum Gasteiger partial charge on any atom is 0.508 e. The molecule has 0 saturated carbocycles. The highest BCUT2D eigenvalue weighted by atomic mass is 16.7. The predicted molar refractivity (Wildman–Crippen MR) is 102 cm³/mol. The van der Waals surface area contributed by atoms with E-state index < -0.39 is 36.9 Å². The zero-order valence-electron chi connectivity index (χ0n) is 16.9. The Morgan fingerprint density at radius 3 is 1.77 bits per heavy atom. The zero-order chi connectivity index (χ0) is 22.2. The third-order valence-electron chi connectivity index (χ3n) is 3.77. The van der Waals surface area contributed by atoms with Crippen molar-refractivity contribution in [2.45, 2.75) is 26.4 Å². The van der Waals surface area contributed by atoms with E-state index in [1.807, 2.05) is 6.07 Å². The third-order valence-corrected chi connectivity index (χ3v) is 3.77. The first-order chi connectivity index (χ1) is 14.4. The fourth-order valence-corrected chi connectivity index (χ4v) is 2.02. The summed E-state index contributed by atoms with van der Waals surface area (Å²) in [7, 11) is 0. The van der Waals surface area contributed by atoms with E-state index in [4.69, 9.17) is 33.9 Å². The maximum absolute atomic E-state index is 12.6. The normalized spacial score (nSPS) is 10.8. The van der Waals surface area contributed by atoms with Gasteiger partial charge in [0.2, 0.25) is 0 Å². The van der Waals surface area contributed by atoms with Gasteiger partial charge in [0.25, 0.3) is 0 Å². The number of hydrogen-bond donors (Lipinski definition) is 2. The Morgan fingerprint density at radius 2 is 1.30 bits per heavy atom. The molecule has 0 aliphatic heterocycles. The zero-order valence-corrected chi connectivity index (χ0v) is 16.9. The highest BCUT2D eigenvalue weighted by molar-refractivity contribution is 5.77. The molecular formula is C20H28O10. The van der Waals surface area contributed by atoms with Gasteiger partial charge in [0.1, 0.15) is 25.2 Å². The molecule has 0 aromatic heterocycles. The topological polar surface area (TPSA) is 138 Å². The molecule has 0 saturated heterocycles. The van der Waals surface area contributed by atoms with Gasteiger partial charge in [-0.25, -0.2) is 9.59 Å². The lowest BCUT2D eigenvalue weighted by molar-refractivity contribution is -0.162. The summed E-state index contributed by atoms with van der Waals surface area (Å²) in [4.78, 5) is 35.9. The van der Waals surface area contributed by atoms with Crippen molar-refractivity contribution in [3.63, 3.8) is 0 Å². The first-order valence-corrected chi connectivity index (χ1v) is 9.43. The Kier molecular flexibility index (Phi) is 11.9. The molecule has 0 heterocycles. The average molecular weight is 428 g/mol. The van der Waals surface area contributed by atoms with E-state index in [1.54, 1.807) is 24.3 Å². The third kappa shape index (κ3) is 10.1. The van der Waals surface area contributed by atoms with Crippen LogP contribution in [0.3, 0.4) is 0 Å². The summed E-state index contributed by atoms with van der Waals surface area (Å²) in [6.07, 6.45) is -1.57. The maximum atomic E-state index is 12.6. The lowest BCUT2D eigenvalue weighted by Gasteiger charge is -2.26. The van der Waals surface area contributed by atoms with Crippen molar-refractivity contribution in [2.24, 2.45) is 5.41 Å². The van der Waals surface area contributed by atoms with Crippen LogP contribution in [0.5, 0.6) is 0 Å². The molecule has 1 rings (SSSR count). The van der Waals surface area contributed by atoms with Crippen LogP contribution < -0.4 is 0 Å². The summed E-state index contributed by atoms with van der Waals surface area (Å²) in [5.41, 5.74) is -0.761. The van der Waals surface area contributed by atoms with E-state index in [0.29, 0.717) is 0 Å². The van der Waals surface area contributed by atoms with Crippen LogP contribution >= 0.6 is 0 Å². The van der Waals surface area contributed by atoms with E-state index in [1.165, 1.54) is 6.92 Å². The van der Waals surface area contributed by atoms with Crippen LogP contribution in [0.4, 0.5) is 9.59 Å². The van der Waals surface area contributed by atoms with Gasteiger partial charge >= 0.3 is 18.3 Å². The molecule has 0 radical (unpaired) electrons. The molecule has 0 atom stereocenters. The van der Waals surface area contributed by atoms with Crippen LogP contribution in [-0.4, -0.2) is 68.1 Å². The van der Waals surface area contributed by atoms with Crippen molar-refractivity contribution in [2.75, 3.05) is 39.6 Å². The number of ether oxygens (including phenoxy) is 5. The second kappa shape index (κ2) is 14.2. The van der Waals surface area contributed by atoms with E-state index in [2.05, 4.69) is 0 Å². The first-order valence-electron chi connectivity index (χ1n) is 9.43. The van der Waals surface area contributed by atoms with Gasteiger partial charge in [-0.2, -0.15) is 0 Å². The summed E-state index contributed by atoms with van der Waals surface area (Å²) >= 11 is 0. The Labute approximate surface area is 174 Å². The molecule has 168 valence electrons. The molecule has 0 spiro atoms. The molecule has 2 N–H and O–H groups in total. The number of aliphatic hydroxyl groups is 2. The van der Waals surface area contributed by atoms with E-state index in [9.17, 15) is 14.4 Å². The SMILES string of the molecule is CC(COC(=O)OCCCO)(COC(=O)OCCCO)C(=O)OCc1ccccc1. The van der Waals surface area contributed by atoms with Gasteiger partial charge in [0.05, 0.1) is 13.2 Å². The van der Waals surface area contributed by atoms with Crippen LogP contribution in [0.1, 0.15) is 25.3 Å². The molecule has 0 aliphatic rings. The Balaban J connectivity index is 2.66. The number of carbonyl (C=O) groups excluding carboxylic acids is 3. The van der Waals surface area contributed by atoms with Crippen LogP contribution in [0.15, 0.2) is 30.3 Å². The summed E-state index contributed by atoms with van der Waals surface area (Å²) < 4.78 is 24.7. The van der Waals surface area contributed by atoms with Crippen molar-refractivity contribution in [3.8, 4) is 0 Å². The molecular weight excluding hydrogens is 400 g/mol. The fourth-order valence-electron chi connectivity index (χ4n) is 2.02. The summed E-state index contributed by atoms with van der Waals surface area (Å²) in [5, 5.41) is 17.4. The minimum atomic E-state index is -1.51. The van der Waals surface area contributed by atoms with Gasteiger partial charge in [-0.15, -0.1) is 0 Å². The van der Waals surface area contributed by atoms with Gasteiger partial charge in [0, 0.05) is 26.1 Å². The highest BCUT2D eigenvalue weighted by Gasteiger charge is 2.39. The van der Waals surface area contributed by atoms with Crippen molar-refractivity contribution in [1.29, 1.82) is 0 Å². The van der Waals surface area contributed by atoms with Gasteiger partial charge < -0.3 is 33.9 Å². The van der Waals surface area contributed by atoms with Gasteiger partial charge in [-0.3, -0.25) is 4.79 Å². The number of hydrogen-bond acceptors (Lipinski definition) is 10. The Bertz CT molecular complexity index is 620. The van der Waals surface area contributed by atoms with Gasteiger partial charge in [-0.1, -0.05) is 30.3 Å². The number of carbonyl (C=O) groups is 3. The summed E-state index contributed by atoms with van der Waals surface area (Å²) in [6.45, 7) is 0.0624. The predicted octanol–water partition coefficient (Wildman–Crippen LogP) is 1.81. The smallest absolute Gasteiger partial charge is 0.460 e. The largest absolute Gasteiger partial charge is 0.508 e. The molecule has 0 aliphatic carbocycles. The molecule has 1 aromatic carbocycles. The number of aliphatic hydroxyl groups excluding tert-OH is 2. The van der Waals surface area contributed by atoms with Crippen molar-refractivity contribution in [3.05, 3.63) is 35.9 Å². The standard InChI is InChI=1S/C20H28O10/c1-20(14-29-18(24)26-11-5-9-21,15-30-19(25)27-12-6-10-22)17(23)28-13-16-7-3-2-4-8-16/h2-4,7-8,21-22H,5-6,9-15H2,1H3. The quantitative estimate of drug-likeness (QED) is 0.272. The lowest BCUT2D eigenvalue weighted by Crippen LogP contribution is -2.40. The minimum Gasteiger partial charge on any atom is -0.460 e. The van der Waals surface area contributed by atoms with Crippen LogP contribution in [0.2, 0.25) is 0 Å². The molecule has 0 amide bonds. The lowest BCUT2D eigenvalue weighted by atomic mass is 9.93. The van der Waals surface area contributed by atoms with Crippen LogP contribution in [0, 0.1) is 5.41 Å². The number of benzene rings is 1. The van der Waals surface area contributed by atoms with Crippen molar-refractivity contribution < 1.29 is 48.3 Å². The van der Waals surface area contributed by atoms with E-state index in [0.717, 1.165) is 5.56 Å². The molecule has 10 nitrogen and oxygen atoms in total. The monoisotopic (exact) mass is 428 g/mol. The highest BCUT2D eigenvalue weighted by Crippen LogP contribution is 2.22. The molecule has 0 bridgehead atoms. The van der Waals surface area contributed by atoms with E-state index in [-0.39, 0.29) is 45.9 Å². The van der Waals surface area contributed by atoms with Gasteiger partial charge in [-0.05, 0) is 12.5 Å². The fraction of sp³-hybridized carbons (Fsp3) is 0.550. The molecule has 0 unspecified atom stereocenters. The Hall–Kier alpha value is -2.85. The second-order valence-electron chi connectivity index (χ2n) is 6.55. The van der Waals surface area contributed by atoms with Gasteiger partial charge in [0.15, 0.2) is 0 Å². The second-order valence-corrected chi connectivity index (χ2v) is 6.55. The summed E-state index contributed by atoms with van der Waals surface area (Å²) in [6, 6.07) is 8.95. The van der Waals surface area contributed by atoms with Crippen LogP contribution in [-0.2, 0) is 35.1 Å². The Morgan fingerprint density at radius 1 is 0.800 bits per heavy atom. The summed E-state index contributed by atoms with van der Waals surface area (Å²) in [5.74, 6) is -0.752. The first kappa shape index (κ1) is 25.2. The number of rotatable bonds is 13. The molecule has 1 aromatic rings. The van der Waals surface area contributed by atoms with Crippen molar-refractivity contribution >= 4 is 18.3 Å². The molecule has 0 fully saturated rings.